The van der Waals surface area contributed by atoms with Crippen LogP contribution >= 0.6 is 0 Å². The maximum Gasteiger partial charge on any atom is 0.216 e. The van der Waals surface area contributed by atoms with Gasteiger partial charge >= 0.3 is 0 Å². The molecule has 1 heterocycles. The molecule has 12 heavy (non-hydrogen) atoms. The van der Waals surface area contributed by atoms with Crippen LogP contribution < -0.4 is 5.32 Å². The van der Waals surface area contributed by atoms with Crippen molar-refractivity contribution in [1.29, 1.82) is 0 Å². The highest BCUT2D eigenvalue weighted by molar-refractivity contribution is 5.72. The molecule has 0 aliphatic heterocycles. The Bertz CT molecular complexity index is 267. The van der Waals surface area contributed by atoms with Gasteiger partial charge in [-0.2, -0.15) is 0 Å². The van der Waals surface area contributed by atoms with Gasteiger partial charge in [0.25, 0.3) is 0 Å². The summed E-state index contributed by atoms with van der Waals surface area (Å²) in [5.74, 6) is 0.00549. The lowest BCUT2D eigenvalue weighted by Crippen LogP contribution is -2.22. The van der Waals surface area contributed by atoms with Gasteiger partial charge in [0.2, 0.25) is 5.91 Å². The lowest BCUT2D eigenvalue weighted by molar-refractivity contribution is -0.118. The van der Waals surface area contributed by atoms with Gasteiger partial charge in [0.15, 0.2) is 0 Å². The summed E-state index contributed by atoms with van der Waals surface area (Å²) in [6.45, 7) is 2.17. The van der Waals surface area contributed by atoms with E-state index in [4.69, 9.17) is 0 Å². The average molecular weight is 167 g/mol. The quantitative estimate of drug-likeness (QED) is 0.694. The van der Waals surface area contributed by atoms with Crippen LogP contribution in [0.1, 0.15) is 12.6 Å². The molecule has 0 bridgehead atoms. The first-order chi connectivity index (χ1) is 5.68. The molecule has 0 radical (unpaired) electrons. The third kappa shape index (κ3) is 2.74. The van der Waals surface area contributed by atoms with Gasteiger partial charge < -0.3 is 9.88 Å². The van der Waals surface area contributed by atoms with Crippen LogP contribution in [0.25, 0.3) is 0 Å². The van der Waals surface area contributed by atoms with E-state index in [9.17, 15) is 4.79 Å². The predicted molar refractivity (Wildman–Crippen MR) is 45.6 cm³/mol. The maximum absolute atomic E-state index is 10.5. The maximum atomic E-state index is 10.5. The Balaban J connectivity index is 2.29. The van der Waals surface area contributed by atoms with E-state index >= 15 is 0 Å². The van der Waals surface area contributed by atoms with Crippen molar-refractivity contribution in [1.82, 2.24) is 14.9 Å². The molecule has 1 aromatic rings. The molecule has 0 spiro atoms. The Kier molecular flexibility index (Phi) is 2.85. The van der Waals surface area contributed by atoms with E-state index in [0.717, 1.165) is 12.1 Å². The van der Waals surface area contributed by atoms with E-state index in [-0.39, 0.29) is 5.91 Å². The number of amides is 1. The first kappa shape index (κ1) is 8.77. The number of rotatable bonds is 3. The first-order valence-electron chi connectivity index (χ1n) is 3.90. The number of nitrogens with one attached hydrogen (secondary N) is 1. The van der Waals surface area contributed by atoms with Gasteiger partial charge in [-0.1, -0.05) is 0 Å². The van der Waals surface area contributed by atoms with E-state index in [1.54, 1.807) is 6.33 Å². The fraction of sp³-hybridized carbons (Fsp3) is 0.500. The second-order valence-corrected chi connectivity index (χ2v) is 2.76. The highest BCUT2D eigenvalue weighted by Gasteiger charge is 1.96. The Morgan fingerprint density at radius 1 is 1.75 bits per heavy atom. The van der Waals surface area contributed by atoms with Crippen molar-refractivity contribution < 1.29 is 4.79 Å². The van der Waals surface area contributed by atoms with Crippen molar-refractivity contribution in [2.45, 2.75) is 13.3 Å². The average Bonchev–Trinajstić information content (AvgIpc) is 2.35. The van der Waals surface area contributed by atoms with Gasteiger partial charge in [-0.15, -0.1) is 0 Å². The van der Waals surface area contributed by atoms with Crippen molar-refractivity contribution in [2.75, 3.05) is 6.54 Å². The topological polar surface area (TPSA) is 46.9 Å². The van der Waals surface area contributed by atoms with Gasteiger partial charge in [0.1, 0.15) is 0 Å². The van der Waals surface area contributed by atoms with Gasteiger partial charge in [-0.05, 0) is 0 Å². The standard InChI is InChI=1S/C8H13N3O/c1-7(12)9-4-3-8-5-11(2)6-10-8/h5-6H,3-4H2,1-2H3,(H,9,12). The van der Waals surface area contributed by atoms with E-state index < -0.39 is 0 Å². The molecule has 1 amide bonds. The molecule has 0 aliphatic rings. The molecule has 0 saturated heterocycles. The zero-order valence-electron chi connectivity index (χ0n) is 7.37. The van der Waals surface area contributed by atoms with Crippen molar-refractivity contribution in [3.63, 3.8) is 0 Å². The highest BCUT2D eigenvalue weighted by atomic mass is 16.1. The fourth-order valence-corrected chi connectivity index (χ4v) is 0.963. The van der Waals surface area contributed by atoms with Gasteiger partial charge in [0.05, 0.1) is 12.0 Å². The van der Waals surface area contributed by atoms with E-state index in [1.807, 2.05) is 17.8 Å². The minimum absolute atomic E-state index is 0.00549. The second-order valence-electron chi connectivity index (χ2n) is 2.76. The second kappa shape index (κ2) is 3.90. The fourth-order valence-electron chi connectivity index (χ4n) is 0.963. The molecule has 0 aliphatic carbocycles. The zero-order chi connectivity index (χ0) is 8.97. The SMILES string of the molecule is CC(=O)NCCc1cn(C)cn1. The summed E-state index contributed by atoms with van der Waals surface area (Å²) in [5.41, 5.74) is 1.01. The third-order valence-electron chi connectivity index (χ3n) is 1.51. The minimum Gasteiger partial charge on any atom is -0.356 e. The van der Waals surface area contributed by atoms with Gasteiger partial charge in [-0.25, -0.2) is 4.98 Å². The summed E-state index contributed by atoms with van der Waals surface area (Å²) in [5, 5.41) is 2.72. The molecule has 0 fully saturated rings. The van der Waals surface area contributed by atoms with Crippen LogP contribution in [0.2, 0.25) is 0 Å². The molecule has 4 heteroatoms. The molecule has 4 nitrogen and oxygen atoms in total. The molecule has 1 aromatic heterocycles. The number of carbonyl (C=O) groups is 1. The van der Waals surface area contributed by atoms with Gasteiger partial charge in [-0.3, -0.25) is 4.79 Å². The Labute approximate surface area is 71.6 Å². The van der Waals surface area contributed by atoms with E-state index in [0.29, 0.717) is 6.54 Å². The van der Waals surface area contributed by atoms with Gasteiger partial charge in [0, 0.05) is 33.1 Å². The van der Waals surface area contributed by atoms with E-state index in [1.165, 1.54) is 6.92 Å². The predicted octanol–water partition coefficient (Wildman–Crippen LogP) is 0.0987. The molecule has 0 unspecified atom stereocenters. The van der Waals surface area contributed by atoms with Crippen LogP contribution in [0, 0.1) is 0 Å². The number of aromatic nitrogens is 2. The Hall–Kier alpha value is -1.32. The summed E-state index contributed by atoms with van der Waals surface area (Å²) < 4.78 is 1.89. The smallest absolute Gasteiger partial charge is 0.216 e. The van der Waals surface area contributed by atoms with Crippen molar-refractivity contribution in [3.8, 4) is 0 Å². The van der Waals surface area contributed by atoms with Crippen LogP contribution in [-0.4, -0.2) is 22.0 Å². The number of hydrogen-bond acceptors (Lipinski definition) is 2. The third-order valence-corrected chi connectivity index (χ3v) is 1.51. The van der Waals surface area contributed by atoms with Crippen molar-refractivity contribution >= 4 is 5.91 Å². The summed E-state index contributed by atoms with van der Waals surface area (Å²) in [7, 11) is 1.93. The van der Waals surface area contributed by atoms with Crippen LogP contribution in [-0.2, 0) is 18.3 Å². The number of imidazole rings is 1. The monoisotopic (exact) mass is 167 g/mol. The molecule has 1 N–H and O–H groups in total. The summed E-state index contributed by atoms with van der Waals surface area (Å²) in [4.78, 5) is 14.6. The molecule has 1 rings (SSSR count). The molecular formula is C8H13N3O. The summed E-state index contributed by atoms with van der Waals surface area (Å²) in [6, 6.07) is 0. The normalized spacial score (nSPS) is 9.83. The lowest BCUT2D eigenvalue weighted by atomic mass is 10.3. The number of carbonyl (C=O) groups excluding carboxylic acids is 1. The lowest BCUT2D eigenvalue weighted by Gasteiger charge is -1.97. The number of nitrogens with zero attached hydrogens (tertiary/aromatic N) is 2. The molecule has 66 valence electrons. The number of hydrogen-bond donors (Lipinski definition) is 1. The Morgan fingerprint density at radius 2 is 2.50 bits per heavy atom. The van der Waals surface area contributed by atoms with Crippen LogP contribution in [0.3, 0.4) is 0 Å². The van der Waals surface area contributed by atoms with Crippen LogP contribution in [0.5, 0.6) is 0 Å². The molecule has 0 saturated carbocycles. The first-order valence-corrected chi connectivity index (χ1v) is 3.90. The minimum atomic E-state index is 0.00549. The molecule has 0 aromatic carbocycles. The largest absolute Gasteiger partial charge is 0.356 e. The van der Waals surface area contributed by atoms with Crippen LogP contribution in [0.4, 0.5) is 0 Å². The Morgan fingerprint density at radius 3 is 3.00 bits per heavy atom. The molecule has 0 atom stereocenters. The summed E-state index contributed by atoms with van der Waals surface area (Å²) >= 11 is 0. The summed E-state index contributed by atoms with van der Waals surface area (Å²) in [6.07, 6.45) is 4.49. The van der Waals surface area contributed by atoms with Crippen LogP contribution in [0.15, 0.2) is 12.5 Å². The van der Waals surface area contributed by atoms with Crippen molar-refractivity contribution in [3.05, 3.63) is 18.2 Å². The highest BCUT2D eigenvalue weighted by Crippen LogP contribution is 1.93. The number of aryl methyl sites for hydroxylation is 1. The molecular weight excluding hydrogens is 154 g/mol. The van der Waals surface area contributed by atoms with Crippen molar-refractivity contribution in [2.24, 2.45) is 7.05 Å². The zero-order valence-corrected chi connectivity index (χ0v) is 7.37. The van der Waals surface area contributed by atoms with E-state index in [2.05, 4.69) is 10.3 Å².